The van der Waals surface area contributed by atoms with Crippen molar-refractivity contribution in [3.05, 3.63) is 47.5 Å². The Balaban J connectivity index is 0.00000363. The summed E-state index contributed by atoms with van der Waals surface area (Å²) in [6.07, 6.45) is 0.307. The summed E-state index contributed by atoms with van der Waals surface area (Å²) in [4.78, 5) is 6.61. The maximum Gasteiger partial charge on any atom is 0.416 e. The molecule has 1 aromatic heterocycles. The first kappa shape index (κ1) is 26.4. The van der Waals surface area contributed by atoms with Crippen molar-refractivity contribution < 1.29 is 17.9 Å². The number of aliphatic imine (C=N–C) groups is 1. The molecular weight excluding hydrogens is 536 g/mol. The summed E-state index contributed by atoms with van der Waals surface area (Å²) < 4.78 is 46.1. The summed E-state index contributed by atoms with van der Waals surface area (Å²) in [5, 5.41) is 11.4. The Kier molecular flexibility index (Phi) is 10.2. The third kappa shape index (κ3) is 7.61. The lowest BCUT2D eigenvalue weighted by Gasteiger charge is -2.23. The highest BCUT2D eigenvalue weighted by Gasteiger charge is 2.30. The molecule has 1 atom stereocenters. The second-order valence-electron chi connectivity index (χ2n) is 7.57. The molecule has 1 N–H and O–H groups in total. The predicted molar refractivity (Wildman–Crippen MR) is 127 cm³/mol. The molecule has 11 heteroatoms. The lowest BCUT2D eigenvalue weighted by atomic mass is 10.1. The number of hydrogen-bond acceptors (Lipinski definition) is 4. The molecule has 2 aromatic rings. The Labute approximate surface area is 203 Å². The van der Waals surface area contributed by atoms with Gasteiger partial charge in [0.1, 0.15) is 12.2 Å². The minimum absolute atomic E-state index is 0. The van der Waals surface area contributed by atoms with Crippen molar-refractivity contribution in [3.63, 3.8) is 0 Å². The third-order valence-corrected chi connectivity index (χ3v) is 5.18. The van der Waals surface area contributed by atoms with Crippen molar-refractivity contribution in [2.24, 2.45) is 4.99 Å². The molecule has 3 rings (SSSR count). The normalized spacial score (nSPS) is 16.7. The second-order valence-corrected chi connectivity index (χ2v) is 7.57. The van der Waals surface area contributed by atoms with E-state index < -0.39 is 11.7 Å². The number of aryl methyl sites for hydroxylation is 1. The zero-order chi connectivity index (χ0) is 22.3. The van der Waals surface area contributed by atoms with Crippen LogP contribution in [0.5, 0.6) is 0 Å². The van der Waals surface area contributed by atoms with Crippen LogP contribution in [0.25, 0.3) is 0 Å². The SMILES string of the molecule is CCc1nncn1CCNC(=NCC1CCCO1)N(C)Cc1ccc(C(F)(F)F)cc1.I. The van der Waals surface area contributed by atoms with Gasteiger partial charge >= 0.3 is 6.18 Å². The first-order chi connectivity index (χ1) is 14.9. The van der Waals surface area contributed by atoms with Gasteiger partial charge in [0, 0.05) is 39.7 Å². The molecule has 1 aromatic carbocycles. The van der Waals surface area contributed by atoms with E-state index in [9.17, 15) is 13.2 Å². The van der Waals surface area contributed by atoms with Gasteiger partial charge in [0.15, 0.2) is 5.96 Å². The summed E-state index contributed by atoms with van der Waals surface area (Å²) in [5.74, 6) is 1.60. The number of ether oxygens (including phenoxy) is 1. The van der Waals surface area contributed by atoms with E-state index in [1.165, 1.54) is 12.1 Å². The standard InChI is InChI=1S/C21H29F3N6O.HI/c1-3-19-28-27-15-30(19)11-10-25-20(26-13-18-5-4-12-31-18)29(2)14-16-6-8-17(9-7-16)21(22,23)24;/h6-9,15,18H,3-5,10-14H2,1-2H3,(H,25,26);1H. The average molecular weight is 566 g/mol. The molecule has 1 unspecified atom stereocenters. The van der Waals surface area contributed by atoms with E-state index in [4.69, 9.17) is 9.73 Å². The van der Waals surface area contributed by atoms with Crippen LogP contribution < -0.4 is 5.32 Å². The number of rotatable bonds is 8. The van der Waals surface area contributed by atoms with Crippen molar-refractivity contribution in [1.29, 1.82) is 0 Å². The van der Waals surface area contributed by atoms with E-state index in [-0.39, 0.29) is 30.1 Å². The van der Waals surface area contributed by atoms with Gasteiger partial charge in [0.05, 0.1) is 18.2 Å². The number of nitrogens with zero attached hydrogens (tertiary/aromatic N) is 5. The molecule has 0 spiro atoms. The van der Waals surface area contributed by atoms with Crippen LogP contribution in [0.1, 0.15) is 36.7 Å². The summed E-state index contributed by atoms with van der Waals surface area (Å²) in [6, 6.07) is 5.22. The van der Waals surface area contributed by atoms with Crippen LogP contribution in [0.15, 0.2) is 35.6 Å². The maximum absolute atomic E-state index is 12.8. The number of guanidine groups is 1. The number of hydrogen-bond donors (Lipinski definition) is 1. The van der Waals surface area contributed by atoms with Crippen LogP contribution in [0.2, 0.25) is 0 Å². The number of benzene rings is 1. The van der Waals surface area contributed by atoms with Gasteiger partial charge in [0.2, 0.25) is 0 Å². The molecule has 2 heterocycles. The highest BCUT2D eigenvalue weighted by Crippen LogP contribution is 2.29. The largest absolute Gasteiger partial charge is 0.416 e. The fourth-order valence-corrected chi connectivity index (χ4v) is 3.46. The van der Waals surface area contributed by atoms with Crippen LogP contribution in [0.4, 0.5) is 13.2 Å². The van der Waals surface area contributed by atoms with Crippen LogP contribution >= 0.6 is 24.0 Å². The molecule has 7 nitrogen and oxygen atoms in total. The van der Waals surface area contributed by atoms with E-state index in [1.54, 1.807) is 6.33 Å². The van der Waals surface area contributed by atoms with Crippen LogP contribution in [-0.2, 0) is 30.4 Å². The summed E-state index contributed by atoms with van der Waals surface area (Å²) in [6.45, 7) is 5.07. The minimum Gasteiger partial charge on any atom is -0.376 e. The van der Waals surface area contributed by atoms with Gasteiger partial charge in [-0.3, -0.25) is 4.99 Å². The van der Waals surface area contributed by atoms with E-state index in [1.807, 2.05) is 23.4 Å². The van der Waals surface area contributed by atoms with Gasteiger partial charge < -0.3 is 19.5 Å². The summed E-state index contributed by atoms with van der Waals surface area (Å²) in [7, 11) is 1.87. The maximum atomic E-state index is 12.8. The van der Waals surface area contributed by atoms with Crippen LogP contribution in [-0.4, -0.2) is 58.5 Å². The molecule has 0 radical (unpaired) electrons. The molecular formula is C21H30F3IN6O. The first-order valence-corrected chi connectivity index (χ1v) is 10.5. The molecule has 32 heavy (non-hydrogen) atoms. The third-order valence-electron chi connectivity index (χ3n) is 5.18. The lowest BCUT2D eigenvalue weighted by Crippen LogP contribution is -2.40. The first-order valence-electron chi connectivity index (χ1n) is 10.5. The van der Waals surface area contributed by atoms with E-state index in [2.05, 4.69) is 15.5 Å². The molecule has 1 saturated heterocycles. The number of aromatic nitrogens is 3. The lowest BCUT2D eigenvalue weighted by molar-refractivity contribution is -0.137. The molecule has 1 aliphatic rings. The second kappa shape index (κ2) is 12.4. The van der Waals surface area contributed by atoms with Crippen molar-refractivity contribution in [3.8, 4) is 0 Å². The Morgan fingerprint density at radius 1 is 1.31 bits per heavy atom. The van der Waals surface area contributed by atoms with Gasteiger partial charge in [-0.25, -0.2) is 0 Å². The van der Waals surface area contributed by atoms with E-state index in [0.717, 1.165) is 49.4 Å². The van der Waals surface area contributed by atoms with Crippen molar-refractivity contribution in [2.45, 2.75) is 51.6 Å². The average Bonchev–Trinajstić information content (AvgIpc) is 3.41. The fourth-order valence-electron chi connectivity index (χ4n) is 3.46. The zero-order valence-corrected chi connectivity index (χ0v) is 20.6. The van der Waals surface area contributed by atoms with E-state index >= 15 is 0 Å². The number of nitrogens with one attached hydrogen (secondary N) is 1. The van der Waals surface area contributed by atoms with Crippen LogP contribution in [0, 0.1) is 0 Å². The Bertz CT molecular complexity index is 850. The van der Waals surface area contributed by atoms with Gasteiger partial charge in [-0.15, -0.1) is 34.2 Å². The number of halogens is 4. The monoisotopic (exact) mass is 566 g/mol. The molecule has 0 bridgehead atoms. The fraction of sp³-hybridized carbons (Fsp3) is 0.571. The molecule has 0 amide bonds. The predicted octanol–water partition coefficient (Wildman–Crippen LogP) is 3.73. The van der Waals surface area contributed by atoms with Crippen LogP contribution in [0.3, 0.4) is 0 Å². The quantitative estimate of drug-likeness (QED) is 0.300. The molecule has 0 aliphatic carbocycles. The smallest absolute Gasteiger partial charge is 0.376 e. The number of alkyl halides is 3. The molecule has 0 saturated carbocycles. The van der Waals surface area contributed by atoms with Crippen molar-refractivity contribution in [1.82, 2.24) is 25.0 Å². The minimum atomic E-state index is -4.33. The highest BCUT2D eigenvalue weighted by atomic mass is 127. The molecule has 1 fully saturated rings. The van der Waals surface area contributed by atoms with E-state index in [0.29, 0.717) is 32.1 Å². The van der Waals surface area contributed by atoms with Crippen molar-refractivity contribution in [2.75, 3.05) is 26.7 Å². The Morgan fingerprint density at radius 2 is 2.06 bits per heavy atom. The summed E-state index contributed by atoms with van der Waals surface area (Å²) in [5.41, 5.74) is 0.124. The highest BCUT2D eigenvalue weighted by molar-refractivity contribution is 14.0. The van der Waals surface area contributed by atoms with Gasteiger partial charge in [-0.1, -0.05) is 19.1 Å². The van der Waals surface area contributed by atoms with Crippen molar-refractivity contribution >= 4 is 29.9 Å². The van der Waals surface area contributed by atoms with Gasteiger partial charge in [-0.05, 0) is 30.5 Å². The van der Waals surface area contributed by atoms with Gasteiger partial charge in [0.25, 0.3) is 0 Å². The zero-order valence-electron chi connectivity index (χ0n) is 18.3. The molecule has 1 aliphatic heterocycles. The molecule has 178 valence electrons. The Morgan fingerprint density at radius 3 is 2.69 bits per heavy atom. The van der Waals surface area contributed by atoms with Gasteiger partial charge in [-0.2, -0.15) is 13.2 Å². The Hall–Kier alpha value is -1.89. The topological polar surface area (TPSA) is 67.6 Å². The summed E-state index contributed by atoms with van der Waals surface area (Å²) >= 11 is 0.